The molecule has 19 heavy (non-hydrogen) atoms. The van der Waals surface area contributed by atoms with E-state index in [0.29, 0.717) is 11.9 Å². The van der Waals surface area contributed by atoms with E-state index in [1.54, 1.807) is 13.3 Å². The van der Waals surface area contributed by atoms with Crippen LogP contribution in [0.25, 0.3) is 0 Å². The van der Waals surface area contributed by atoms with Gasteiger partial charge < -0.3 is 10.1 Å². The van der Waals surface area contributed by atoms with Crippen molar-refractivity contribution in [2.24, 2.45) is 0 Å². The summed E-state index contributed by atoms with van der Waals surface area (Å²) in [5.41, 5.74) is 5.13. The third-order valence-electron chi connectivity index (χ3n) is 3.67. The average Bonchev–Trinajstić information content (AvgIpc) is 2.82. The van der Waals surface area contributed by atoms with Crippen LogP contribution in [0.1, 0.15) is 29.2 Å². The Morgan fingerprint density at radius 1 is 1.32 bits per heavy atom. The van der Waals surface area contributed by atoms with Crippen molar-refractivity contribution in [1.29, 1.82) is 0 Å². The Balaban J connectivity index is 1.88. The first-order chi connectivity index (χ1) is 9.28. The van der Waals surface area contributed by atoms with Crippen molar-refractivity contribution < 1.29 is 4.74 Å². The van der Waals surface area contributed by atoms with Gasteiger partial charge in [-0.3, -0.25) is 0 Å². The number of nitrogens with zero attached hydrogens (tertiary/aromatic N) is 1. The molecule has 0 spiro atoms. The van der Waals surface area contributed by atoms with Gasteiger partial charge in [-0.05, 0) is 43.0 Å². The van der Waals surface area contributed by atoms with Crippen LogP contribution in [-0.2, 0) is 6.42 Å². The topological polar surface area (TPSA) is 34.1 Å². The number of hydrogen-bond donors (Lipinski definition) is 1. The molecule has 2 aromatic rings. The van der Waals surface area contributed by atoms with Gasteiger partial charge in [-0.1, -0.05) is 23.8 Å². The summed E-state index contributed by atoms with van der Waals surface area (Å²) in [7, 11) is 1.65. The largest absolute Gasteiger partial charge is 0.480 e. The maximum absolute atomic E-state index is 5.29. The third kappa shape index (κ3) is 2.28. The smallest absolute Gasteiger partial charge is 0.237 e. The molecule has 0 saturated heterocycles. The summed E-state index contributed by atoms with van der Waals surface area (Å²) < 4.78 is 5.29. The molecule has 0 saturated carbocycles. The molecule has 1 unspecified atom stereocenters. The van der Waals surface area contributed by atoms with Crippen molar-refractivity contribution in [2.75, 3.05) is 12.4 Å². The minimum Gasteiger partial charge on any atom is -0.480 e. The molecule has 0 aliphatic heterocycles. The lowest BCUT2D eigenvalue weighted by atomic mass is 10.0. The van der Waals surface area contributed by atoms with Crippen LogP contribution < -0.4 is 10.1 Å². The molecule has 1 aromatic heterocycles. The summed E-state index contributed by atoms with van der Waals surface area (Å²) in [5, 5.41) is 3.56. The molecule has 0 bridgehead atoms. The van der Waals surface area contributed by atoms with E-state index >= 15 is 0 Å². The van der Waals surface area contributed by atoms with E-state index in [1.807, 2.05) is 12.1 Å². The molecule has 3 rings (SSSR count). The number of methoxy groups -OCH3 is 1. The van der Waals surface area contributed by atoms with Gasteiger partial charge in [0, 0.05) is 6.20 Å². The summed E-state index contributed by atoms with van der Waals surface area (Å²) in [4.78, 5) is 4.23. The second-order valence-corrected chi connectivity index (χ2v) is 5.00. The molecule has 1 aliphatic carbocycles. The Kier molecular flexibility index (Phi) is 3.11. The van der Waals surface area contributed by atoms with Crippen LogP contribution in [-0.4, -0.2) is 12.1 Å². The molecule has 1 N–H and O–H groups in total. The molecule has 0 fully saturated rings. The SMILES string of the molecule is COc1ncccc1NC1CCc2ccc(C)cc21. The van der Waals surface area contributed by atoms with Crippen LogP contribution in [0.4, 0.5) is 5.69 Å². The summed E-state index contributed by atoms with van der Waals surface area (Å²) in [6, 6.07) is 11.0. The first-order valence-corrected chi connectivity index (χ1v) is 6.63. The van der Waals surface area contributed by atoms with Crippen LogP contribution in [0.3, 0.4) is 0 Å². The lowest BCUT2D eigenvalue weighted by Gasteiger charge is -2.17. The zero-order valence-electron chi connectivity index (χ0n) is 11.3. The van der Waals surface area contributed by atoms with Crippen LogP contribution in [0.15, 0.2) is 36.5 Å². The number of pyridine rings is 1. The van der Waals surface area contributed by atoms with E-state index in [-0.39, 0.29) is 0 Å². The molecule has 3 heteroatoms. The second-order valence-electron chi connectivity index (χ2n) is 5.00. The van der Waals surface area contributed by atoms with Gasteiger partial charge in [0.1, 0.15) is 0 Å². The Morgan fingerprint density at radius 3 is 3.05 bits per heavy atom. The normalized spacial score (nSPS) is 17.1. The molecular weight excluding hydrogens is 236 g/mol. The van der Waals surface area contributed by atoms with Gasteiger partial charge in [-0.2, -0.15) is 0 Å². The van der Waals surface area contributed by atoms with E-state index in [2.05, 4.69) is 35.4 Å². The standard InChI is InChI=1S/C16H18N2O/c1-11-5-6-12-7-8-14(13(12)10-11)18-15-4-3-9-17-16(15)19-2/h3-6,9-10,14,18H,7-8H2,1-2H3. The summed E-state index contributed by atoms with van der Waals surface area (Å²) >= 11 is 0. The van der Waals surface area contributed by atoms with Crippen molar-refractivity contribution in [3.63, 3.8) is 0 Å². The fraction of sp³-hybridized carbons (Fsp3) is 0.312. The Morgan fingerprint density at radius 2 is 2.21 bits per heavy atom. The van der Waals surface area contributed by atoms with Gasteiger partial charge in [0.25, 0.3) is 0 Å². The third-order valence-corrected chi connectivity index (χ3v) is 3.67. The highest BCUT2D eigenvalue weighted by Crippen LogP contribution is 2.36. The summed E-state index contributed by atoms with van der Waals surface area (Å²) in [5.74, 6) is 0.656. The first-order valence-electron chi connectivity index (χ1n) is 6.63. The van der Waals surface area contributed by atoms with Gasteiger partial charge in [0.05, 0.1) is 18.8 Å². The molecule has 1 aliphatic rings. The highest BCUT2D eigenvalue weighted by atomic mass is 16.5. The lowest BCUT2D eigenvalue weighted by Crippen LogP contribution is -2.08. The first kappa shape index (κ1) is 12.0. The number of nitrogens with one attached hydrogen (secondary N) is 1. The monoisotopic (exact) mass is 254 g/mol. The van der Waals surface area contributed by atoms with Crippen LogP contribution in [0.5, 0.6) is 5.88 Å². The number of hydrogen-bond acceptors (Lipinski definition) is 3. The highest BCUT2D eigenvalue weighted by molar-refractivity contribution is 5.55. The van der Waals surface area contributed by atoms with Crippen molar-refractivity contribution in [3.8, 4) is 5.88 Å². The van der Waals surface area contributed by atoms with Crippen LogP contribution >= 0.6 is 0 Å². The van der Waals surface area contributed by atoms with Crippen molar-refractivity contribution in [3.05, 3.63) is 53.2 Å². The number of ether oxygens (including phenoxy) is 1. The zero-order chi connectivity index (χ0) is 13.2. The summed E-state index contributed by atoms with van der Waals surface area (Å²) in [6.07, 6.45) is 4.00. The number of anilines is 1. The van der Waals surface area contributed by atoms with Gasteiger partial charge >= 0.3 is 0 Å². The Bertz CT molecular complexity index is 595. The predicted octanol–water partition coefficient (Wildman–Crippen LogP) is 3.50. The predicted molar refractivity (Wildman–Crippen MR) is 76.7 cm³/mol. The van der Waals surface area contributed by atoms with E-state index in [4.69, 9.17) is 4.74 Å². The summed E-state index contributed by atoms with van der Waals surface area (Å²) in [6.45, 7) is 2.14. The van der Waals surface area contributed by atoms with Crippen LogP contribution in [0.2, 0.25) is 0 Å². The quantitative estimate of drug-likeness (QED) is 0.910. The molecule has 0 amide bonds. The van der Waals surface area contributed by atoms with Gasteiger partial charge in [-0.25, -0.2) is 4.98 Å². The maximum Gasteiger partial charge on any atom is 0.237 e. The van der Waals surface area contributed by atoms with E-state index < -0.39 is 0 Å². The van der Waals surface area contributed by atoms with Crippen LogP contribution in [0, 0.1) is 6.92 Å². The van der Waals surface area contributed by atoms with Gasteiger partial charge in [0.15, 0.2) is 0 Å². The molecule has 98 valence electrons. The molecule has 1 atom stereocenters. The number of fused-ring (bicyclic) bond motifs is 1. The lowest BCUT2D eigenvalue weighted by molar-refractivity contribution is 0.399. The fourth-order valence-corrected chi connectivity index (χ4v) is 2.72. The Labute approximate surface area is 113 Å². The minimum atomic E-state index is 0.355. The molecular formula is C16H18N2O. The number of aromatic nitrogens is 1. The van der Waals surface area contributed by atoms with Gasteiger partial charge in [0.2, 0.25) is 5.88 Å². The van der Waals surface area contributed by atoms with E-state index in [9.17, 15) is 0 Å². The fourth-order valence-electron chi connectivity index (χ4n) is 2.72. The second kappa shape index (κ2) is 4.92. The van der Waals surface area contributed by atoms with Crippen molar-refractivity contribution >= 4 is 5.69 Å². The minimum absolute atomic E-state index is 0.355. The highest BCUT2D eigenvalue weighted by Gasteiger charge is 2.23. The van der Waals surface area contributed by atoms with Crippen molar-refractivity contribution in [1.82, 2.24) is 4.98 Å². The average molecular weight is 254 g/mol. The number of benzene rings is 1. The molecule has 0 radical (unpaired) electrons. The zero-order valence-corrected chi connectivity index (χ0v) is 11.3. The maximum atomic E-state index is 5.29. The van der Waals surface area contributed by atoms with E-state index in [0.717, 1.165) is 18.5 Å². The molecule has 3 nitrogen and oxygen atoms in total. The number of rotatable bonds is 3. The van der Waals surface area contributed by atoms with E-state index in [1.165, 1.54) is 16.7 Å². The number of aryl methyl sites for hydroxylation is 2. The molecule has 1 aromatic carbocycles. The van der Waals surface area contributed by atoms with Crippen molar-refractivity contribution in [2.45, 2.75) is 25.8 Å². The van der Waals surface area contributed by atoms with Gasteiger partial charge in [-0.15, -0.1) is 0 Å². The molecule has 1 heterocycles. The Hall–Kier alpha value is -2.03.